The Kier molecular flexibility index (Phi) is 6.77. The molecule has 1 saturated heterocycles. The number of carbonyl (C=O) groups excluding carboxylic acids is 1. The molecule has 0 aliphatic carbocycles. The van der Waals surface area contributed by atoms with Gasteiger partial charge in [-0.3, -0.25) is 4.79 Å². The molecule has 1 amide bonds. The summed E-state index contributed by atoms with van der Waals surface area (Å²) in [6.07, 6.45) is 3.52. The lowest BCUT2D eigenvalue weighted by Gasteiger charge is -2.23. The van der Waals surface area contributed by atoms with Crippen molar-refractivity contribution in [3.63, 3.8) is 0 Å². The van der Waals surface area contributed by atoms with Gasteiger partial charge in [0.15, 0.2) is 11.6 Å². The minimum absolute atomic E-state index is 0.0896. The van der Waals surface area contributed by atoms with Crippen molar-refractivity contribution >= 4 is 22.6 Å². The number of benzene rings is 1. The van der Waals surface area contributed by atoms with Gasteiger partial charge >= 0.3 is 0 Å². The predicted molar refractivity (Wildman–Crippen MR) is 117 cm³/mol. The Bertz CT molecular complexity index is 1100. The highest BCUT2D eigenvalue weighted by Crippen LogP contribution is 2.23. The monoisotopic (exact) mass is 440 g/mol. The van der Waals surface area contributed by atoms with Crippen LogP contribution in [-0.2, 0) is 4.74 Å². The Morgan fingerprint density at radius 1 is 1.28 bits per heavy atom. The number of aliphatic hydroxyl groups is 1. The highest BCUT2D eigenvalue weighted by Gasteiger charge is 2.19. The van der Waals surface area contributed by atoms with Gasteiger partial charge in [-0.15, -0.1) is 0 Å². The molecule has 0 radical (unpaired) electrons. The van der Waals surface area contributed by atoms with E-state index >= 15 is 0 Å². The molecule has 168 valence electrons. The molecule has 3 aromatic rings. The number of ether oxygens (including phenoxy) is 2. The van der Waals surface area contributed by atoms with Crippen LogP contribution in [0.2, 0.25) is 0 Å². The molecule has 3 N–H and O–H groups in total. The van der Waals surface area contributed by atoms with Gasteiger partial charge in [0, 0.05) is 36.9 Å². The molecule has 1 atom stereocenters. The van der Waals surface area contributed by atoms with Crippen LogP contribution in [0.5, 0.6) is 5.75 Å². The molecule has 0 saturated carbocycles. The van der Waals surface area contributed by atoms with E-state index in [4.69, 9.17) is 9.47 Å². The zero-order valence-electron chi connectivity index (χ0n) is 17.7. The number of carbonyl (C=O) groups is 1. The molecule has 9 heteroatoms. The fraction of sp³-hybridized carbons (Fsp3) is 0.348. The van der Waals surface area contributed by atoms with E-state index in [1.54, 1.807) is 24.4 Å². The fourth-order valence-electron chi connectivity index (χ4n) is 3.64. The third kappa shape index (κ3) is 4.95. The van der Waals surface area contributed by atoms with Crippen LogP contribution in [0.25, 0.3) is 10.9 Å². The van der Waals surface area contributed by atoms with Crippen LogP contribution in [0.1, 0.15) is 34.9 Å². The summed E-state index contributed by atoms with van der Waals surface area (Å²) in [6.45, 7) is 1.05. The van der Waals surface area contributed by atoms with Crippen LogP contribution < -0.4 is 15.4 Å². The smallest absolute Gasteiger partial charge is 0.270 e. The number of anilines is 1. The SMILES string of the molecule is COc1ccc([C@@H](CO)NC(=O)c2ccc3cnc(NC4CCOCC4)cc3n2)cc1F. The van der Waals surface area contributed by atoms with Gasteiger partial charge in [0.2, 0.25) is 0 Å². The molecule has 32 heavy (non-hydrogen) atoms. The second-order valence-corrected chi connectivity index (χ2v) is 7.59. The molecule has 2 aromatic heterocycles. The minimum atomic E-state index is -0.788. The van der Waals surface area contributed by atoms with Gasteiger partial charge in [-0.1, -0.05) is 6.07 Å². The molecule has 0 unspecified atom stereocenters. The van der Waals surface area contributed by atoms with Crippen molar-refractivity contribution < 1.29 is 23.8 Å². The fourth-order valence-corrected chi connectivity index (χ4v) is 3.64. The first-order valence-corrected chi connectivity index (χ1v) is 10.4. The van der Waals surface area contributed by atoms with E-state index in [0.29, 0.717) is 16.9 Å². The number of methoxy groups -OCH3 is 1. The second kappa shape index (κ2) is 9.88. The topological polar surface area (TPSA) is 106 Å². The third-order valence-corrected chi connectivity index (χ3v) is 5.45. The summed E-state index contributed by atoms with van der Waals surface area (Å²) in [5, 5.41) is 16.6. The summed E-state index contributed by atoms with van der Waals surface area (Å²) < 4.78 is 24.3. The summed E-state index contributed by atoms with van der Waals surface area (Å²) >= 11 is 0. The lowest BCUT2D eigenvalue weighted by molar-refractivity contribution is 0.0902. The second-order valence-electron chi connectivity index (χ2n) is 7.59. The van der Waals surface area contributed by atoms with Crippen molar-refractivity contribution in [3.8, 4) is 5.75 Å². The molecule has 0 spiro atoms. The van der Waals surface area contributed by atoms with Crippen LogP contribution >= 0.6 is 0 Å². The number of halogens is 1. The Balaban J connectivity index is 1.51. The van der Waals surface area contributed by atoms with Crippen LogP contribution in [0, 0.1) is 5.82 Å². The molecular weight excluding hydrogens is 415 g/mol. The van der Waals surface area contributed by atoms with Gasteiger partial charge in [0.05, 0.1) is 25.3 Å². The number of rotatable bonds is 7. The minimum Gasteiger partial charge on any atom is -0.494 e. The lowest BCUT2D eigenvalue weighted by Crippen LogP contribution is -2.31. The van der Waals surface area contributed by atoms with Crippen molar-refractivity contribution in [1.82, 2.24) is 15.3 Å². The number of hydrogen-bond acceptors (Lipinski definition) is 7. The number of hydrogen-bond donors (Lipinski definition) is 3. The van der Waals surface area contributed by atoms with Gasteiger partial charge in [0.1, 0.15) is 11.5 Å². The molecule has 3 heterocycles. The average molecular weight is 440 g/mol. The summed E-state index contributed by atoms with van der Waals surface area (Å²) in [4.78, 5) is 21.7. The molecule has 1 aliphatic rings. The van der Waals surface area contributed by atoms with Crippen molar-refractivity contribution in [2.75, 3.05) is 32.2 Å². The summed E-state index contributed by atoms with van der Waals surface area (Å²) in [7, 11) is 1.37. The number of nitrogens with one attached hydrogen (secondary N) is 2. The zero-order valence-corrected chi connectivity index (χ0v) is 17.7. The first-order valence-electron chi connectivity index (χ1n) is 10.4. The van der Waals surface area contributed by atoms with E-state index in [9.17, 15) is 14.3 Å². The largest absolute Gasteiger partial charge is 0.494 e. The number of aliphatic hydroxyl groups excluding tert-OH is 1. The lowest BCUT2D eigenvalue weighted by atomic mass is 10.1. The molecule has 1 fully saturated rings. The number of fused-ring (bicyclic) bond motifs is 1. The van der Waals surface area contributed by atoms with Crippen molar-refractivity contribution in [2.24, 2.45) is 0 Å². The first kappa shape index (κ1) is 21.9. The number of pyridine rings is 2. The Morgan fingerprint density at radius 3 is 2.81 bits per heavy atom. The van der Waals surface area contributed by atoms with E-state index in [-0.39, 0.29) is 17.5 Å². The maximum atomic E-state index is 14.0. The standard InChI is InChI=1S/C23H25FN4O4/c1-31-21-5-3-14(10-17(21)24)20(13-29)28-23(30)18-4-2-15-12-25-22(11-19(15)27-18)26-16-6-8-32-9-7-16/h2-5,10-12,16,20,29H,6-9,13H2,1H3,(H,25,26)(H,28,30)/t20-/m1/s1. The Hall–Kier alpha value is -3.30. The van der Waals surface area contributed by atoms with Gasteiger partial charge in [-0.05, 0) is 42.7 Å². The van der Waals surface area contributed by atoms with Gasteiger partial charge in [0.25, 0.3) is 5.91 Å². The number of aromatic nitrogens is 2. The van der Waals surface area contributed by atoms with E-state index in [1.807, 2.05) is 6.07 Å². The Morgan fingerprint density at radius 2 is 2.09 bits per heavy atom. The highest BCUT2D eigenvalue weighted by atomic mass is 19.1. The predicted octanol–water partition coefficient (Wildman–Crippen LogP) is 2.83. The van der Waals surface area contributed by atoms with Crippen LogP contribution in [0.4, 0.5) is 10.2 Å². The van der Waals surface area contributed by atoms with Crippen molar-refractivity contribution in [3.05, 3.63) is 59.7 Å². The summed E-state index contributed by atoms with van der Waals surface area (Å²) in [6, 6.07) is 8.94. The highest BCUT2D eigenvalue weighted by molar-refractivity contribution is 5.95. The van der Waals surface area contributed by atoms with E-state index in [1.165, 1.54) is 19.2 Å². The molecule has 1 aromatic carbocycles. The van der Waals surface area contributed by atoms with Crippen molar-refractivity contribution in [2.45, 2.75) is 24.9 Å². The first-order chi connectivity index (χ1) is 15.6. The van der Waals surface area contributed by atoms with E-state index < -0.39 is 24.4 Å². The van der Waals surface area contributed by atoms with Gasteiger partial charge in [-0.25, -0.2) is 14.4 Å². The summed E-state index contributed by atoms with van der Waals surface area (Å²) in [5.41, 5.74) is 1.23. The maximum absolute atomic E-state index is 14.0. The zero-order chi connectivity index (χ0) is 22.5. The molecule has 1 aliphatic heterocycles. The molecule has 8 nitrogen and oxygen atoms in total. The summed E-state index contributed by atoms with van der Waals surface area (Å²) in [5.74, 6) is -0.264. The van der Waals surface area contributed by atoms with Crippen molar-refractivity contribution in [1.29, 1.82) is 0 Å². The molecule has 0 bridgehead atoms. The third-order valence-electron chi connectivity index (χ3n) is 5.45. The van der Waals surface area contributed by atoms with E-state index in [0.717, 1.165) is 31.4 Å². The number of amides is 1. The normalized spacial score (nSPS) is 15.3. The van der Waals surface area contributed by atoms with Crippen LogP contribution in [0.15, 0.2) is 42.6 Å². The van der Waals surface area contributed by atoms with Crippen LogP contribution in [-0.4, -0.2) is 54.0 Å². The van der Waals surface area contributed by atoms with Gasteiger partial charge in [-0.2, -0.15) is 0 Å². The molecule has 4 rings (SSSR count). The van der Waals surface area contributed by atoms with E-state index in [2.05, 4.69) is 20.6 Å². The maximum Gasteiger partial charge on any atom is 0.270 e. The van der Waals surface area contributed by atoms with Crippen LogP contribution in [0.3, 0.4) is 0 Å². The average Bonchev–Trinajstić information content (AvgIpc) is 2.82. The number of nitrogens with zero attached hydrogens (tertiary/aromatic N) is 2. The quantitative estimate of drug-likeness (QED) is 0.519. The molecular formula is C23H25FN4O4. The Labute approximate surface area is 184 Å². The van der Waals surface area contributed by atoms with Gasteiger partial charge < -0.3 is 25.2 Å².